The topological polar surface area (TPSA) is 44.4 Å². The van der Waals surface area contributed by atoms with Gasteiger partial charge in [0.05, 0.1) is 0 Å². The van der Waals surface area contributed by atoms with Crippen LogP contribution in [0.4, 0.5) is 11.4 Å². The highest BCUT2D eigenvalue weighted by atomic mass is 16.2. The smallest absolute Gasteiger partial charge is 0.227 e. The summed E-state index contributed by atoms with van der Waals surface area (Å²) in [6, 6.07) is 9.74. The van der Waals surface area contributed by atoms with Crippen LogP contribution >= 0.6 is 0 Å². The lowest BCUT2D eigenvalue weighted by Crippen LogP contribution is -2.38. The van der Waals surface area contributed by atoms with Crippen LogP contribution in [-0.4, -0.2) is 31.1 Å². The van der Waals surface area contributed by atoms with Crippen LogP contribution < -0.4 is 15.5 Å². The number of nitrogens with one attached hydrogen (secondary N) is 2. The molecule has 1 aromatic rings. The summed E-state index contributed by atoms with van der Waals surface area (Å²) in [5.41, 5.74) is 2.23. The first-order valence-electron chi connectivity index (χ1n) is 9.21. The van der Waals surface area contributed by atoms with Gasteiger partial charge in [0.1, 0.15) is 0 Å². The summed E-state index contributed by atoms with van der Waals surface area (Å²) in [5.74, 6) is 1.02. The fraction of sp³-hybridized carbons (Fsp3) is 0.632. The Bertz CT molecular complexity index is 550. The molecule has 3 aliphatic rings. The number of anilines is 2. The predicted molar refractivity (Wildman–Crippen MR) is 93.8 cm³/mol. The van der Waals surface area contributed by atoms with E-state index in [4.69, 9.17) is 0 Å². The van der Waals surface area contributed by atoms with Gasteiger partial charge in [0.15, 0.2) is 0 Å². The first-order chi connectivity index (χ1) is 11.3. The minimum atomic E-state index is 0.258. The normalized spacial score (nSPS) is 31.0. The molecule has 1 saturated carbocycles. The summed E-state index contributed by atoms with van der Waals surface area (Å²) in [7, 11) is 0. The zero-order valence-electron chi connectivity index (χ0n) is 13.8. The van der Waals surface area contributed by atoms with E-state index in [0.717, 1.165) is 24.6 Å². The highest BCUT2D eigenvalue weighted by Crippen LogP contribution is 2.34. The lowest BCUT2D eigenvalue weighted by molar-refractivity contribution is -0.117. The first kappa shape index (κ1) is 15.0. The minimum absolute atomic E-state index is 0.258. The molecule has 4 nitrogen and oxygen atoms in total. The van der Waals surface area contributed by atoms with Crippen molar-refractivity contribution in [3.8, 4) is 0 Å². The van der Waals surface area contributed by atoms with Crippen LogP contribution in [0.2, 0.25) is 0 Å². The second kappa shape index (κ2) is 6.52. The van der Waals surface area contributed by atoms with Crippen LogP contribution in [0.1, 0.15) is 44.9 Å². The van der Waals surface area contributed by atoms with E-state index in [1.807, 2.05) is 4.90 Å². The van der Waals surface area contributed by atoms with Crippen LogP contribution in [0.3, 0.4) is 0 Å². The van der Waals surface area contributed by atoms with Crippen molar-refractivity contribution in [2.24, 2.45) is 5.92 Å². The molecule has 1 aliphatic carbocycles. The number of nitrogens with zero attached hydrogens (tertiary/aromatic N) is 1. The van der Waals surface area contributed by atoms with Crippen molar-refractivity contribution in [2.75, 3.05) is 23.3 Å². The third kappa shape index (κ3) is 3.09. The van der Waals surface area contributed by atoms with E-state index in [2.05, 4.69) is 34.9 Å². The maximum absolute atomic E-state index is 11.8. The van der Waals surface area contributed by atoms with Crippen molar-refractivity contribution >= 4 is 17.3 Å². The third-order valence-electron chi connectivity index (χ3n) is 5.79. The zero-order chi connectivity index (χ0) is 15.6. The molecular formula is C19H27N3O. The standard InChI is InChI=1S/C19H27N3O/c23-19-7-3-13-22(19)15-10-8-14(9-11-15)21-18-5-1-4-16(18)17-6-2-12-20-17/h8-11,16-18,20-21H,1-7,12-13H2. The highest BCUT2D eigenvalue weighted by Gasteiger charge is 2.34. The minimum Gasteiger partial charge on any atom is -0.382 e. The van der Waals surface area contributed by atoms with Gasteiger partial charge in [-0.2, -0.15) is 0 Å². The molecule has 0 aromatic heterocycles. The largest absolute Gasteiger partial charge is 0.382 e. The molecule has 2 saturated heterocycles. The summed E-state index contributed by atoms with van der Waals surface area (Å²) in [6.07, 6.45) is 8.28. The van der Waals surface area contributed by atoms with E-state index in [1.165, 1.54) is 44.3 Å². The SMILES string of the molecule is O=C1CCCN1c1ccc(NC2CCCC2C2CCCN2)cc1. The van der Waals surface area contributed by atoms with Crippen molar-refractivity contribution in [2.45, 2.75) is 57.0 Å². The molecule has 3 atom stereocenters. The number of amides is 1. The van der Waals surface area contributed by atoms with Gasteiger partial charge in [-0.1, -0.05) is 6.42 Å². The molecule has 1 amide bonds. The Morgan fingerprint density at radius 2 is 1.91 bits per heavy atom. The van der Waals surface area contributed by atoms with Crippen molar-refractivity contribution < 1.29 is 4.79 Å². The molecule has 0 spiro atoms. The average molecular weight is 313 g/mol. The molecule has 124 valence electrons. The first-order valence-corrected chi connectivity index (χ1v) is 9.21. The number of carbonyl (C=O) groups excluding carboxylic acids is 1. The van der Waals surface area contributed by atoms with Crippen molar-refractivity contribution in [1.29, 1.82) is 0 Å². The second-order valence-electron chi connectivity index (χ2n) is 7.24. The van der Waals surface area contributed by atoms with Crippen LogP contribution in [0.15, 0.2) is 24.3 Å². The predicted octanol–water partition coefficient (Wildman–Crippen LogP) is 3.15. The van der Waals surface area contributed by atoms with E-state index >= 15 is 0 Å². The molecule has 4 heteroatoms. The summed E-state index contributed by atoms with van der Waals surface area (Å²) in [6.45, 7) is 2.05. The Balaban J connectivity index is 1.41. The molecule has 0 radical (unpaired) electrons. The molecule has 3 unspecified atom stereocenters. The lowest BCUT2D eigenvalue weighted by Gasteiger charge is -2.27. The van der Waals surface area contributed by atoms with E-state index in [0.29, 0.717) is 18.5 Å². The van der Waals surface area contributed by atoms with Crippen molar-refractivity contribution in [1.82, 2.24) is 5.32 Å². The molecule has 2 heterocycles. The van der Waals surface area contributed by atoms with Gasteiger partial charge in [-0.05, 0) is 68.8 Å². The van der Waals surface area contributed by atoms with Crippen molar-refractivity contribution in [3.63, 3.8) is 0 Å². The van der Waals surface area contributed by atoms with Gasteiger partial charge >= 0.3 is 0 Å². The summed E-state index contributed by atoms with van der Waals surface area (Å²) in [5, 5.41) is 7.43. The molecule has 1 aromatic carbocycles. The maximum atomic E-state index is 11.8. The highest BCUT2D eigenvalue weighted by molar-refractivity contribution is 5.95. The van der Waals surface area contributed by atoms with E-state index in [-0.39, 0.29) is 5.91 Å². The number of hydrogen-bond acceptors (Lipinski definition) is 3. The van der Waals surface area contributed by atoms with Gasteiger partial charge in [-0.25, -0.2) is 0 Å². The molecule has 0 bridgehead atoms. The van der Waals surface area contributed by atoms with Gasteiger partial charge < -0.3 is 15.5 Å². The Morgan fingerprint density at radius 1 is 1.04 bits per heavy atom. The van der Waals surface area contributed by atoms with Crippen LogP contribution in [-0.2, 0) is 4.79 Å². The fourth-order valence-corrected chi connectivity index (χ4v) is 4.60. The van der Waals surface area contributed by atoms with Gasteiger partial charge in [-0.15, -0.1) is 0 Å². The molecular weight excluding hydrogens is 286 g/mol. The molecule has 23 heavy (non-hydrogen) atoms. The van der Waals surface area contributed by atoms with Gasteiger partial charge in [-0.3, -0.25) is 4.79 Å². The van der Waals surface area contributed by atoms with Gasteiger partial charge in [0.25, 0.3) is 0 Å². The lowest BCUT2D eigenvalue weighted by atomic mass is 9.93. The quantitative estimate of drug-likeness (QED) is 0.897. The van der Waals surface area contributed by atoms with Crippen LogP contribution in [0.25, 0.3) is 0 Å². The Labute approximate surface area is 138 Å². The molecule has 3 fully saturated rings. The fourth-order valence-electron chi connectivity index (χ4n) is 4.60. The second-order valence-corrected chi connectivity index (χ2v) is 7.24. The van der Waals surface area contributed by atoms with Gasteiger partial charge in [0, 0.05) is 36.4 Å². The monoisotopic (exact) mass is 313 g/mol. The average Bonchev–Trinajstić information content (AvgIpc) is 3.29. The van der Waals surface area contributed by atoms with Crippen LogP contribution in [0.5, 0.6) is 0 Å². The van der Waals surface area contributed by atoms with Crippen molar-refractivity contribution in [3.05, 3.63) is 24.3 Å². The number of benzene rings is 1. The third-order valence-corrected chi connectivity index (χ3v) is 5.79. The summed E-state index contributed by atoms with van der Waals surface area (Å²) >= 11 is 0. The molecule has 2 aliphatic heterocycles. The molecule has 4 rings (SSSR count). The zero-order valence-corrected chi connectivity index (χ0v) is 13.8. The summed E-state index contributed by atoms with van der Waals surface area (Å²) < 4.78 is 0. The summed E-state index contributed by atoms with van der Waals surface area (Å²) in [4.78, 5) is 13.7. The number of rotatable bonds is 4. The van der Waals surface area contributed by atoms with E-state index in [9.17, 15) is 4.79 Å². The van der Waals surface area contributed by atoms with E-state index in [1.54, 1.807) is 0 Å². The number of hydrogen-bond donors (Lipinski definition) is 2. The number of carbonyl (C=O) groups is 1. The molecule has 2 N–H and O–H groups in total. The van der Waals surface area contributed by atoms with E-state index < -0.39 is 0 Å². The Morgan fingerprint density at radius 3 is 2.61 bits per heavy atom. The van der Waals surface area contributed by atoms with Gasteiger partial charge in [0.2, 0.25) is 5.91 Å². The Hall–Kier alpha value is -1.55. The maximum Gasteiger partial charge on any atom is 0.227 e. The Kier molecular flexibility index (Phi) is 4.25. The van der Waals surface area contributed by atoms with Crippen LogP contribution in [0, 0.1) is 5.92 Å².